The first-order valence-corrected chi connectivity index (χ1v) is 8.64. The molecule has 5 nitrogen and oxygen atoms in total. The van der Waals surface area contributed by atoms with Crippen LogP contribution < -0.4 is 5.32 Å². The van der Waals surface area contributed by atoms with Gasteiger partial charge in [0.25, 0.3) is 0 Å². The number of carbonyl (C=O) groups is 1. The highest BCUT2D eigenvalue weighted by Gasteiger charge is 2.46. The fourth-order valence-corrected chi connectivity index (χ4v) is 4.78. The number of aromatic nitrogens is 2. The van der Waals surface area contributed by atoms with Gasteiger partial charge in [-0.05, 0) is 51.2 Å². The molecule has 0 amide bonds. The van der Waals surface area contributed by atoms with Gasteiger partial charge in [0.15, 0.2) is 4.34 Å². The zero-order valence-corrected chi connectivity index (χ0v) is 13.8. The molecule has 2 atom stereocenters. The van der Waals surface area contributed by atoms with Crippen LogP contribution in [0.4, 0.5) is 0 Å². The SMILES string of the molecule is CCNC1(C(=O)OCC)CCC(Sc2nc(C)ns2)C1. The fraction of sp³-hybridized carbons (Fsp3) is 0.769. The Balaban J connectivity index is 2.01. The largest absolute Gasteiger partial charge is 0.465 e. The van der Waals surface area contributed by atoms with Gasteiger partial charge in [0, 0.05) is 5.25 Å². The molecular formula is C13H21N3O2S2. The van der Waals surface area contributed by atoms with Gasteiger partial charge in [-0.25, -0.2) is 4.98 Å². The van der Waals surface area contributed by atoms with Crippen molar-refractivity contribution in [1.29, 1.82) is 0 Å². The minimum atomic E-state index is -0.512. The Bertz CT molecular complexity index is 466. The molecule has 20 heavy (non-hydrogen) atoms. The van der Waals surface area contributed by atoms with Crippen molar-refractivity contribution in [3.05, 3.63) is 5.82 Å². The van der Waals surface area contributed by atoms with E-state index in [1.54, 1.807) is 11.8 Å². The number of ether oxygens (including phenoxy) is 1. The lowest BCUT2D eigenvalue weighted by Crippen LogP contribution is -2.51. The quantitative estimate of drug-likeness (QED) is 0.813. The van der Waals surface area contributed by atoms with Gasteiger partial charge in [-0.2, -0.15) is 4.37 Å². The van der Waals surface area contributed by atoms with Crippen LogP contribution in [-0.2, 0) is 9.53 Å². The smallest absolute Gasteiger partial charge is 0.326 e. The summed E-state index contributed by atoms with van der Waals surface area (Å²) in [6.07, 6.45) is 2.62. The van der Waals surface area contributed by atoms with Crippen molar-refractivity contribution in [2.24, 2.45) is 0 Å². The molecule has 1 aromatic heterocycles. The Kier molecular flexibility index (Phi) is 5.40. The number of nitrogens with one attached hydrogen (secondary N) is 1. The van der Waals surface area contributed by atoms with E-state index in [2.05, 4.69) is 14.7 Å². The van der Waals surface area contributed by atoms with Crippen LogP contribution in [-0.4, -0.2) is 39.3 Å². The van der Waals surface area contributed by atoms with E-state index < -0.39 is 5.54 Å². The van der Waals surface area contributed by atoms with Crippen molar-refractivity contribution in [3.8, 4) is 0 Å². The fourth-order valence-electron chi connectivity index (χ4n) is 2.59. The third-order valence-electron chi connectivity index (χ3n) is 3.43. The number of carbonyl (C=O) groups excluding carboxylic acids is 1. The van der Waals surface area contributed by atoms with E-state index in [4.69, 9.17) is 4.74 Å². The minimum Gasteiger partial charge on any atom is -0.465 e. The van der Waals surface area contributed by atoms with Gasteiger partial charge in [-0.1, -0.05) is 18.7 Å². The van der Waals surface area contributed by atoms with E-state index in [1.165, 1.54) is 11.5 Å². The van der Waals surface area contributed by atoms with Gasteiger partial charge < -0.3 is 10.1 Å². The number of nitrogens with zero attached hydrogens (tertiary/aromatic N) is 2. The van der Waals surface area contributed by atoms with Crippen molar-refractivity contribution in [2.75, 3.05) is 13.2 Å². The molecule has 1 heterocycles. The van der Waals surface area contributed by atoms with Gasteiger partial charge in [0.1, 0.15) is 11.4 Å². The van der Waals surface area contributed by atoms with Crippen LogP contribution >= 0.6 is 23.3 Å². The molecule has 112 valence electrons. The maximum Gasteiger partial charge on any atom is 0.326 e. The predicted octanol–water partition coefficient (Wildman–Crippen LogP) is 2.40. The predicted molar refractivity (Wildman–Crippen MR) is 81.2 cm³/mol. The summed E-state index contributed by atoms with van der Waals surface area (Å²) in [5.74, 6) is 0.706. The number of thioether (sulfide) groups is 1. The summed E-state index contributed by atoms with van der Waals surface area (Å²) in [5.41, 5.74) is -0.512. The third-order valence-corrected chi connectivity index (χ3v) is 5.57. The van der Waals surface area contributed by atoms with Crippen molar-refractivity contribution < 1.29 is 9.53 Å². The number of hydrogen-bond acceptors (Lipinski definition) is 7. The highest BCUT2D eigenvalue weighted by atomic mass is 32.2. The van der Waals surface area contributed by atoms with Crippen molar-refractivity contribution in [3.63, 3.8) is 0 Å². The summed E-state index contributed by atoms with van der Waals surface area (Å²) in [6, 6.07) is 0. The lowest BCUT2D eigenvalue weighted by atomic mass is 9.98. The van der Waals surface area contributed by atoms with Crippen molar-refractivity contribution in [2.45, 2.75) is 55.2 Å². The molecule has 0 radical (unpaired) electrons. The molecule has 0 bridgehead atoms. The molecule has 2 unspecified atom stereocenters. The highest BCUT2D eigenvalue weighted by Crippen LogP contribution is 2.41. The maximum atomic E-state index is 12.2. The summed E-state index contributed by atoms with van der Waals surface area (Å²) in [6.45, 7) is 6.97. The van der Waals surface area contributed by atoms with Crippen LogP contribution in [0.2, 0.25) is 0 Å². The zero-order chi connectivity index (χ0) is 14.6. The third kappa shape index (κ3) is 3.51. The molecule has 0 aromatic carbocycles. The second-order valence-electron chi connectivity index (χ2n) is 4.92. The first-order valence-electron chi connectivity index (χ1n) is 6.99. The maximum absolute atomic E-state index is 12.2. The van der Waals surface area contributed by atoms with Gasteiger partial charge in [-0.3, -0.25) is 4.79 Å². The zero-order valence-electron chi connectivity index (χ0n) is 12.1. The van der Waals surface area contributed by atoms with Crippen LogP contribution in [0.5, 0.6) is 0 Å². The molecule has 1 aliphatic rings. The number of hydrogen-bond donors (Lipinski definition) is 1. The summed E-state index contributed by atoms with van der Waals surface area (Å²) in [7, 11) is 0. The second-order valence-corrected chi connectivity index (χ2v) is 7.22. The number of likely N-dealkylation sites (N-methyl/N-ethyl adjacent to an activating group) is 1. The minimum absolute atomic E-state index is 0.113. The van der Waals surface area contributed by atoms with Gasteiger partial charge in [0.2, 0.25) is 0 Å². The average molecular weight is 315 g/mol. The lowest BCUT2D eigenvalue weighted by Gasteiger charge is -2.27. The van der Waals surface area contributed by atoms with Crippen LogP contribution in [0.15, 0.2) is 4.34 Å². The van der Waals surface area contributed by atoms with Gasteiger partial charge >= 0.3 is 5.97 Å². The Morgan fingerprint density at radius 1 is 1.60 bits per heavy atom. The summed E-state index contributed by atoms with van der Waals surface area (Å²) < 4.78 is 10.4. The molecule has 0 spiro atoms. The Morgan fingerprint density at radius 3 is 3.00 bits per heavy atom. The van der Waals surface area contributed by atoms with Gasteiger partial charge in [-0.15, -0.1) is 0 Å². The second kappa shape index (κ2) is 6.87. The van der Waals surface area contributed by atoms with Gasteiger partial charge in [0.05, 0.1) is 6.61 Å². The highest BCUT2D eigenvalue weighted by molar-refractivity contribution is 8.01. The Labute approximate surface area is 128 Å². The summed E-state index contributed by atoms with van der Waals surface area (Å²) >= 11 is 3.17. The van der Waals surface area contributed by atoms with Crippen LogP contribution in [0.1, 0.15) is 38.9 Å². The van der Waals surface area contributed by atoms with E-state index in [9.17, 15) is 4.79 Å². The number of rotatable bonds is 6. The van der Waals surface area contributed by atoms with Crippen LogP contribution in [0.25, 0.3) is 0 Å². The summed E-state index contributed by atoms with van der Waals surface area (Å²) in [5, 5.41) is 3.74. The molecule has 0 saturated heterocycles. The Morgan fingerprint density at radius 2 is 2.40 bits per heavy atom. The van der Waals surface area contributed by atoms with E-state index >= 15 is 0 Å². The first-order chi connectivity index (χ1) is 9.59. The number of esters is 1. The van der Waals surface area contributed by atoms with Crippen LogP contribution in [0.3, 0.4) is 0 Å². The molecule has 1 aliphatic carbocycles. The monoisotopic (exact) mass is 315 g/mol. The van der Waals surface area contributed by atoms with E-state index in [-0.39, 0.29) is 5.97 Å². The number of aryl methyl sites for hydroxylation is 1. The van der Waals surface area contributed by atoms with E-state index in [0.717, 1.165) is 36.0 Å². The van der Waals surface area contributed by atoms with Crippen LogP contribution in [0, 0.1) is 6.92 Å². The van der Waals surface area contributed by atoms with Crippen molar-refractivity contribution >= 4 is 29.3 Å². The normalized spacial score (nSPS) is 25.9. The molecule has 1 fully saturated rings. The van der Waals surface area contributed by atoms with E-state index in [1.807, 2.05) is 20.8 Å². The molecule has 1 N–H and O–H groups in total. The first kappa shape index (κ1) is 15.7. The lowest BCUT2D eigenvalue weighted by molar-refractivity contribution is -0.151. The summed E-state index contributed by atoms with van der Waals surface area (Å²) in [4.78, 5) is 16.6. The topological polar surface area (TPSA) is 64.1 Å². The molecular weight excluding hydrogens is 294 g/mol. The average Bonchev–Trinajstić information content (AvgIpc) is 2.99. The molecule has 1 saturated carbocycles. The molecule has 7 heteroatoms. The van der Waals surface area contributed by atoms with Crippen molar-refractivity contribution in [1.82, 2.24) is 14.7 Å². The standard InChI is InChI=1S/C13H21N3O2S2/c1-4-14-13(11(17)18-5-2)7-6-10(8-13)19-12-15-9(3)16-20-12/h10,14H,4-8H2,1-3H3. The molecule has 2 rings (SSSR count). The van der Waals surface area contributed by atoms with E-state index in [0.29, 0.717) is 11.9 Å². The molecule has 0 aliphatic heterocycles. The Hall–Kier alpha value is -0.660. The molecule has 1 aromatic rings.